The third-order valence-electron chi connectivity index (χ3n) is 4.38. The van der Waals surface area contributed by atoms with Gasteiger partial charge in [-0.1, -0.05) is 44.7 Å². The van der Waals surface area contributed by atoms with Crippen LogP contribution in [0.4, 0.5) is 0 Å². The Morgan fingerprint density at radius 3 is 2.40 bits per heavy atom. The molecule has 0 spiro atoms. The number of phenols is 1. The summed E-state index contributed by atoms with van der Waals surface area (Å²) in [7, 11) is 0. The number of phenolic OH excluding ortho intramolecular Hbond substituents is 1. The minimum absolute atomic E-state index is 0.128. The van der Waals surface area contributed by atoms with Crippen LogP contribution in [0.2, 0.25) is 0 Å². The summed E-state index contributed by atoms with van der Waals surface area (Å²) in [4.78, 5) is 0. The van der Waals surface area contributed by atoms with Crippen LogP contribution in [0.15, 0.2) is 24.3 Å². The van der Waals surface area contributed by atoms with Gasteiger partial charge < -0.3 is 9.84 Å². The Morgan fingerprint density at radius 1 is 1.15 bits per heavy atom. The van der Waals surface area contributed by atoms with Gasteiger partial charge in [0.25, 0.3) is 0 Å². The van der Waals surface area contributed by atoms with Gasteiger partial charge in [-0.25, -0.2) is 0 Å². The van der Waals surface area contributed by atoms with Crippen LogP contribution in [-0.2, 0) is 11.2 Å². The lowest BCUT2D eigenvalue weighted by molar-refractivity contribution is -0.112. The summed E-state index contributed by atoms with van der Waals surface area (Å²) < 4.78 is 6.49. The summed E-state index contributed by atoms with van der Waals surface area (Å²) in [5.41, 5.74) is 1.36. The molecular formula is C18H28O2. The first-order valence-corrected chi connectivity index (χ1v) is 8.09. The predicted octanol–water partition coefficient (Wildman–Crippen LogP) is 4.84. The lowest BCUT2D eigenvalue weighted by Gasteiger charge is -2.39. The molecule has 0 amide bonds. The van der Waals surface area contributed by atoms with E-state index in [0.717, 1.165) is 6.42 Å². The van der Waals surface area contributed by atoms with Crippen molar-refractivity contribution in [1.82, 2.24) is 0 Å². The third kappa shape index (κ3) is 4.24. The standard InChI is InChI=1S/C18H28O2/c1-3-11-18(12-5-4-6-13-18)20-15(2)14-16-7-9-17(19)10-8-16/h7-10,15,19H,3-6,11-14H2,1-2H3. The summed E-state index contributed by atoms with van der Waals surface area (Å²) in [6.45, 7) is 4.43. The molecule has 0 aliphatic heterocycles. The Hall–Kier alpha value is -1.02. The van der Waals surface area contributed by atoms with Gasteiger partial charge >= 0.3 is 0 Å². The van der Waals surface area contributed by atoms with E-state index in [1.165, 1.54) is 50.5 Å². The Balaban J connectivity index is 1.93. The first-order valence-electron chi connectivity index (χ1n) is 8.09. The SMILES string of the molecule is CCCC1(OC(C)Cc2ccc(O)cc2)CCCCC1. The summed E-state index contributed by atoms with van der Waals surface area (Å²) in [5, 5.41) is 9.33. The van der Waals surface area contributed by atoms with Gasteiger partial charge in [0.05, 0.1) is 11.7 Å². The van der Waals surface area contributed by atoms with Crippen molar-refractivity contribution in [2.24, 2.45) is 0 Å². The van der Waals surface area contributed by atoms with Gasteiger partial charge in [-0.05, 0) is 50.3 Å². The summed E-state index contributed by atoms with van der Waals surface area (Å²) in [6.07, 6.45) is 9.98. The van der Waals surface area contributed by atoms with Crippen molar-refractivity contribution in [3.63, 3.8) is 0 Å². The maximum absolute atomic E-state index is 9.33. The minimum atomic E-state index is 0.128. The lowest BCUT2D eigenvalue weighted by atomic mass is 9.81. The molecule has 1 saturated carbocycles. The molecular weight excluding hydrogens is 248 g/mol. The highest BCUT2D eigenvalue weighted by atomic mass is 16.5. The molecule has 0 bridgehead atoms. The van der Waals surface area contributed by atoms with Crippen molar-refractivity contribution in [2.75, 3.05) is 0 Å². The molecule has 0 aromatic heterocycles. The third-order valence-corrected chi connectivity index (χ3v) is 4.38. The van der Waals surface area contributed by atoms with Crippen molar-refractivity contribution in [1.29, 1.82) is 0 Å². The number of rotatable bonds is 6. The van der Waals surface area contributed by atoms with Crippen LogP contribution in [0.25, 0.3) is 0 Å². The monoisotopic (exact) mass is 276 g/mol. The van der Waals surface area contributed by atoms with Crippen LogP contribution >= 0.6 is 0 Å². The van der Waals surface area contributed by atoms with E-state index in [2.05, 4.69) is 13.8 Å². The molecule has 2 nitrogen and oxygen atoms in total. The molecule has 1 atom stereocenters. The van der Waals surface area contributed by atoms with Crippen LogP contribution in [0.3, 0.4) is 0 Å². The van der Waals surface area contributed by atoms with Crippen molar-refractivity contribution in [2.45, 2.75) is 76.9 Å². The number of hydrogen-bond acceptors (Lipinski definition) is 2. The second-order valence-electron chi connectivity index (χ2n) is 6.29. The smallest absolute Gasteiger partial charge is 0.115 e. The molecule has 1 aliphatic rings. The Morgan fingerprint density at radius 2 is 1.80 bits per heavy atom. The predicted molar refractivity (Wildman–Crippen MR) is 83.1 cm³/mol. The molecule has 1 aromatic rings. The fraction of sp³-hybridized carbons (Fsp3) is 0.667. The average Bonchev–Trinajstić information content (AvgIpc) is 2.42. The highest BCUT2D eigenvalue weighted by Crippen LogP contribution is 2.36. The Labute approximate surface area is 123 Å². The molecule has 20 heavy (non-hydrogen) atoms. The zero-order valence-electron chi connectivity index (χ0n) is 12.9. The number of hydrogen-bond donors (Lipinski definition) is 1. The molecule has 1 N–H and O–H groups in total. The van der Waals surface area contributed by atoms with Crippen LogP contribution in [0, 0.1) is 0 Å². The first-order chi connectivity index (χ1) is 9.63. The quantitative estimate of drug-likeness (QED) is 0.805. The molecule has 1 aromatic carbocycles. The van der Waals surface area contributed by atoms with E-state index >= 15 is 0 Å². The fourth-order valence-electron chi connectivity index (χ4n) is 3.51. The molecule has 0 heterocycles. The first kappa shape index (κ1) is 15.4. The average molecular weight is 276 g/mol. The summed E-state index contributed by atoms with van der Waals surface area (Å²) in [6, 6.07) is 7.49. The maximum Gasteiger partial charge on any atom is 0.115 e. The van der Waals surface area contributed by atoms with E-state index in [4.69, 9.17) is 4.74 Å². The second-order valence-corrected chi connectivity index (χ2v) is 6.29. The van der Waals surface area contributed by atoms with Crippen LogP contribution < -0.4 is 0 Å². The number of aromatic hydroxyl groups is 1. The summed E-state index contributed by atoms with van der Waals surface area (Å²) >= 11 is 0. The van der Waals surface area contributed by atoms with E-state index in [-0.39, 0.29) is 11.7 Å². The van der Waals surface area contributed by atoms with E-state index < -0.39 is 0 Å². The molecule has 1 aliphatic carbocycles. The molecule has 112 valence electrons. The van der Waals surface area contributed by atoms with E-state index in [9.17, 15) is 5.11 Å². The highest BCUT2D eigenvalue weighted by Gasteiger charge is 2.33. The van der Waals surface area contributed by atoms with Crippen LogP contribution in [0.1, 0.15) is 64.4 Å². The number of benzene rings is 1. The molecule has 1 fully saturated rings. The van der Waals surface area contributed by atoms with Crippen molar-refractivity contribution >= 4 is 0 Å². The highest BCUT2D eigenvalue weighted by molar-refractivity contribution is 5.26. The Bertz CT molecular complexity index is 385. The van der Waals surface area contributed by atoms with Gasteiger partial charge in [-0.2, -0.15) is 0 Å². The molecule has 2 heteroatoms. The van der Waals surface area contributed by atoms with Gasteiger partial charge in [-0.3, -0.25) is 0 Å². The minimum Gasteiger partial charge on any atom is -0.508 e. The van der Waals surface area contributed by atoms with Crippen molar-refractivity contribution in [3.05, 3.63) is 29.8 Å². The molecule has 0 saturated heterocycles. The topological polar surface area (TPSA) is 29.5 Å². The largest absolute Gasteiger partial charge is 0.508 e. The Kier molecular flexibility index (Phi) is 5.47. The van der Waals surface area contributed by atoms with Gasteiger partial charge in [0, 0.05) is 0 Å². The second kappa shape index (κ2) is 7.12. The zero-order valence-corrected chi connectivity index (χ0v) is 12.9. The van der Waals surface area contributed by atoms with E-state index in [1.54, 1.807) is 12.1 Å². The summed E-state index contributed by atoms with van der Waals surface area (Å²) in [5.74, 6) is 0.331. The molecule has 2 rings (SSSR count). The van der Waals surface area contributed by atoms with Crippen molar-refractivity contribution in [3.8, 4) is 5.75 Å². The van der Waals surface area contributed by atoms with Gasteiger partial charge in [0.1, 0.15) is 5.75 Å². The maximum atomic E-state index is 9.33. The van der Waals surface area contributed by atoms with E-state index in [1.807, 2.05) is 12.1 Å². The normalized spacial score (nSPS) is 19.7. The van der Waals surface area contributed by atoms with Gasteiger partial charge in [0.2, 0.25) is 0 Å². The molecule has 0 radical (unpaired) electrons. The van der Waals surface area contributed by atoms with Crippen molar-refractivity contribution < 1.29 is 9.84 Å². The number of ether oxygens (including phenoxy) is 1. The van der Waals surface area contributed by atoms with E-state index in [0.29, 0.717) is 5.75 Å². The van der Waals surface area contributed by atoms with Gasteiger partial charge in [0.15, 0.2) is 0 Å². The lowest BCUT2D eigenvalue weighted by Crippen LogP contribution is -2.38. The fourth-order valence-corrected chi connectivity index (χ4v) is 3.51. The van der Waals surface area contributed by atoms with Crippen LogP contribution in [-0.4, -0.2) is 16.8 Å². The van der Waals surface area contributed by atoms with Crippen LogP contribution in [0.5, 0.6) is 5.75 Å². The zero-order chi connectivity index (χ0) is 14.4. The molecule has 1 unspecified atom stereocenters. The van der Waals surface area contributed by atoms with Gasteiger partial charge in [-0.15, -0.1) is 0 Å².